The Morgan fingerprint density at radius 1 is 1.21 bits per heavy atom. The van der Waals surface area contributed by atoms with Crippen molar-refractivity contribution in [3.8, 4) is 0 Å². The molecule has 1 heterocycles. The van der Waals surface area contributed by atoms with E-state index in [4.69, 9.17) is 27.1 Å². The summed E-state index contributed by atoms with van der Waals surface area (Å²) in [6.07, 6.45) is 0.163. The van der Waals surface area contributed by atoms with E-state index in [-0.39, 0.29) is 11.4 Å². The minimum Gasteiger partial charge on any atom is -0.543 e. The van der Waals surface area contributed by atoms with Crippen molar-refractivity contribution in [1.82, 2.24) is 4.98 Å². The summed E-state index contributed by atoms with van der Waals surface area (Å²) in [5.74, 6) is -1.35. The Balaban J connectivity index is 0.000000446. The van der Waals surface area contributed by atoms with Gasteiger partial charge in [-0.3, -0.25) is 9.82 Å². The summed E-state index contributed by atoms with van der Waals surface area (Å²) in [5, 5.41) is 37.8. The van der Waals surface area contributed by atoms with Crippen LogP contribution in [-0.4, -0.2) is 64.2 Å². The van der Waals surface area contributed by atoms with Gasteiger partial charge in [0.05, 0.1) is 11.7 Å². The first-order valence-electron chi connectivity index (χ1n) is 7.58. The number of nitrogens with one attached hydrogen (secondary N) is 2. The molecule has 3 atom stereocenters. The largest absolute Gasteiger partial charge is 0.543 e. The highest BCUT2D eigenvalue weighted by molar-refractivity contribution is 6.24. The van der Waals surface area contributed by atoms with Gasteiger partial charge in [-0.25, -0.2) is 0 Å². The second-order valence-electron chi connectivity index (χ2n) is 5.69. The van der Waals surface area contributed by atoms with Gasteiger partial charge in [-0.1, -0.05) is 0 Å². The molecular formula is C15H26ClN3O5. The normalized spacial score (nSPS) is 15.5. The molecule has 138 valence electrons. The van der Waals surface area contributed by atoms with Crippen LogP contribution in [0.25, 0.3) is 0 Å². The molecule has 0 aliphatic rings. The van der Waals surface area contributed by atoms with Gasteiger partial charge < -0.3 is 30.1 Å². The maximum Gasteiger partial charge on any atom is 0.110 e. The number of hydrogen-bond acceptors (Lipinski definition) is 7. The van der Waals surface area contributed by atoms with Crippen LogP contribution in [0.4, 0.5) is 5.69 Å². The Kier molecular flexibility index (Phi) is 11.3. The van der Waals surface area contributed by atoms with E-state index in [9.17, 15) is 9.90 Å². The van der Waals surface area contributed by atoms with Gasteiger partial charge in [0.25, 0.3) is 0 Å². The Bertz CT molecular complexity index is 462. The molecule has 0 aliphatic carbocycles. The number of nitrogens with zero attached hydrogens (tertiary/aromatic N) is 1. The third-order valence-corrected chi connectivity index (χ3v) is 3.06. The average molecular weight is 364 g/mol. The van der Waals surface area contributed by atoms with E-state index >= 15 is 0 Å². The van der Waals surface area contributed by atoms with Crippen LogP contribution in [0.3, 0.4) is 0 Å². The standard InChI is InChI=1S/C9H21NO3.C6H5ClN2O2/c1-7(11)4-10(5-8(2)12)6-9(3)13;7-9-4-2-1-3-8-5(4)6(10)11/h7-9,11-13H,4-6H2,1-3H3;1-3,9H,(H,10,11). The maximum absolute atomic E-state index is 10.3. The first-order valence-corrected chi connectivity index (χ1v) is 7.95. The molecule has 5 N–H and O–H groups in total. The van der Waals surface area contributed by atoms with Crippen LogP contribution in [0.5, 0.6) is 0 Å². The van der Waals surface area contributed by atoms with Gasteiger partial charge in [-0.2, -0.15) is 0 Å². The lowest BCUT2D eigenvalue weighted by atomic mass is 10.2. The lowest BCUT2D eigenvalue weighted by Gasteiger charge is -2.23. The van der Waals surface area contributed by atoms with Crippen molar-refractivity contribution in [3.05, 3.63) is 24.0 Å². The molecule has 0 saturated carbocycles. The first-order chi connectivity index (χ1) is 11.2. The van der Waals surface area contributed by atoms with E-state index in [1.165, 1.54) is 12.3 Å². The van der Waals surface area contributed by atoms with Gasteiger partial charge in [0, 0.05) is 18.0 Å². The number of hydrogen-bond donors (Lipinski definition) is 5. The highest BCUT2D eigenvalue weighted by Gasteiger charge is 2.16. The molecule has 24 heavy (non-hydrogen) atoms. The fourth-order valence-corrected chi connectivity index (χ4v) is 2.30. The van der Waals surface area contributed by atoms with Crippen LogP contribution in [0.2, 0.25) is 0 Å². The summed E-state index contributed by atoms with van der Waals surface area (Å²) in [6, 6.07) is 3.06. The van der Waals surface area contributed by atoms with Gasteiger partial charge in [0.15, 0.2) is 0 Å². The number of anilines is 1. The number of carbonyl (C=O) groups is 1. The molecule has 1 rings (SSSR count). The quantitative estimate of drug-likeness (QED) is 0.338. The summed E-state index contributed by atoms with van der Waals surface area (Å²) in [7, 11) is 0. The Morgan fingerprint density at radius 3 is 1.96 bits per heavy atom. The molecule has 0 saturated heterocycles. The van der Waals surface area contributed by atoms with Crippen molar-refractivity contribution in [2.24, 2.45) is 0 Å². The van der Waals surface area contributed by atoms with Crippen LogP contribution in [0.15, 0.2) is 18.3 Å². The third kappa shape index (κ3) is 10.3. The number of carboxylic acid groups (broad SMARTS) is 1. The molecule has 0 fully saturated rings. The van der Waals surface area contributed by atoms with Gasteiger partial charge in [-0.15, -0.1) is 0 Å². The molecule has 0 spiro atoms. The van der Waals surface area contributed by atoms with Crippen molar-refractivity contribution >= 4 is 23.4 Å². The van der Waals surface area contributed by atoms with Crippen LogP contribution in [-0.2, 0) is 0 Å². The number of pyridine rings is 1. The minimum absolute atomic E-state index is 0.192. The SMILES string of the molecule is CC(O)C[NH+](CC(C)O)CC(C)O.O=C([O-])c1ncccc1NCl. The number of quaternary nitrogens is 1. The summed E-state index contributed by atoms with van der Waals surface area (Å²) >= 11 is 5.20. The summed E-state index contributed by atoms with van der Waals surface area (Å²) in [6.45, 7) is 6.83. The molecule has 8 nitrogen and oxygen atoms in total. The maximum atomic E-state index is 10.3. The smallest absolute Gasteiger partial charge is 0.110 e. The minimum atomic E-state index is -1.35. The van der Waals surface area contributed by atoms with E-state index in [2.05, 4.69) is 9.82 Å². The van der Waals surface area contributed by atoms with Crippen molar-refractivity contribution in [3.63, 3.8) is 0 Å². The second-order valence-corrected chi connectivity index (χ2v) is 5.88. The summed E-state index contributed by atoms with van der Waals surface area (Å²) < 4.78 is 0. The Hall–Kier alpha value is -1.45. The number of carbonyl (C=O) groups excluding carboxylic acids is 1. The van der Waals surface area contributed by atoms with Gasteiger partial charge in [-0.05, 0) is 32.9 Å². The molecule has 0 amide bonds. The number of aliphatic hydroxyl groups is 3. The average Bonchev–Trinajstić information content (AvgIpc) is 2.45. The van der Waals surface area contributed by atoms with Crippen LogP contribution < -0.4 is 14.8 Å². The number of aromatic nitrogens is 1. The molecule has 0 aliphatic heterocycles. The molecular weight excluding hydrogens is 338 g/mol. The van der Waals surface area contributed by atoms with E-state index < -0.39 is 24.3 Å². The predicted octanol–water partition coefficient (Wildman–Crippen LogP) is -1.98. The lowest BCUT2D eigenvalue weighted by Crippen LogP contribution is -3.15. The highest BCUT2D eigenvalue weighted by Crippen LogP contribution is 2.11. The zero-order valence-electron chi connectivity index (χ0n) is 14.1. The number of rotatable bonds is 8. The molecule has 0 radical (unpaired) electrons. The number of aromatic carboxylic acids is 1. The van der Waals surface area contributed by atoms with Gasteiger partial charge in [0.2, 0.25) is 0 Å². The van der Waals surface area contributed by atoms with Crippen molar-refractivity contribution in [1.29, 1.82) is 0 Å². The zero-order chi connectivity index (χ0) is 18.7. The topological polar surface area (TPSA) is 130 Å². The molecule has 9 heteroatoms. The molecule has 3 unspecified atom stereocenters. The number of halogens is 1. The predicted molar refractivity (Wildman–Crippen MR) is 88.6 cm³/mol. The van der Waals surface area contributed by atoms with Gasteiger partial charge >= 0.3 is 0 Å². The van der Waals surface area contributed by atoms with Crippen molar-refractivity contribution < 1.29 is 30.1 Å². The monoisotopic (exact) mass is 363 g/mol. The summed E-state index contributed by atoms with van der Waals surface area (Å²) in [5.41, 5.74) is 0.0386. The fourth-order valence-electron chi connectivity index (χ4n) is 2.15. The number of aliphatic hydroxyl groups excluding tert-OH is 3. The third-order valence-electron chi connectivity index (χ3n) is 2.86. The van der Waals surface area contributed by atoms with Crippen LogP contribution in [0.1, 0.15) is 31.3 Å². The second kappa shape index (κ2) is 12.0. The van der Waals surface area contributed by atoms with E-state index in [1.807, 2.05) is 0 Å². The van der Waals surface area contributed by atoms with Crippen LogP contribution >= 0.6 is 11.8 Å². The highest BCUT2D eigenvalue weighted by atomic mass is 35.5. The number of carboxylic acids is 1. The first kappa shape index (κ1) is 22.6. The van der Waals surface area contributed by atoms with E-state index in [1.54, 1.807) is 26.8 Å². The fraction of sp³-hybridized carbons (Fsp3) is 0.600. The van der Waals surface area contributed by atoms with E-state index in [0.717, 1.165) is 4.90 Å². The summed E-state index contributed by atoms with van der Waals surface area (Å²) in [4.78, 5) is 17.0. The van der Waals surface area contributed by atoms with Gasteiger partial charge in [0.1, 0.15) is 43.6 Å². The van der Waals surface area contributed by atoms with Crippen LogP contribution in [0, 0.1) is 0 Å². The van der Waals surface area contributed by atoms with Crippen molar-refractivity contribution in [2.75, 3.05) is 24.5 Å². The zero-order valence-corrected chi connectivity index (χ0v) is 14.8. The molecule has 0 aromatic carbocycles. The lowest BCUT2D eigenvalue weighted by molar-refractivity contribution is -0.908. The molecule has 0 bridgehead atoms. The van der Waals surface area contributed by atoms with E-state index in [0.29, 0.717) is 19.6 Å². The molecule has 1 aromatic rings. The Labute approximate surface area is 146 Å². The molecule has 1 aromatic heterocycles. The van der Waals surface area contributed by atoms with Crippen molar-refractivity contribution in [2.45, 2.75) is 39.1 Å². The Morgan fingerprint density at radius 2 is 1.67 bits per heavy atom.